The molecule has 1 radical (unpaired) electrons. The zero-order valence-corrected chi connectivity index (χ0v) is 7.39. The minimum Gasteiger partial charge on any atom is -0.366 e. The van der Waals surface area contributed by atoms with Gasteiger partial charge >= 0.3 is 0 Å². The zero-order valence-electron chi connectivity index (χ0n) is 7.39. The van der Waals surface area contributed by atoms with E-state index >= 15 is 0 Å². The second-order valence-electron chi connectivity index (χ2n) is 2.71. The summed E-state index contributed by atoms with van der Waals surface area (Å²) in [5.41, 5.74) is 5.09. The van der Waals surface area contributed by atoms with Gasteiger partial charge in [-0.3, -0.25) is 4.79 Å². The number of carbonyl (C=O) groups excluding carboxylic acids is 1. The van der Waals surface area contributed by atoms with E-state index in [4.69, 9.17) is 5.73 Å². The highest BCUT2D eigenvalue weighted by atomic mass is 16.3. The molecule has 2 N–H and O–H groups in total. The highest BCUT2D eigenvalue weighted by molar-refractivity contribution is 5.90. The third-order valence-electron chi connectivity index (χ3n) is 0.754. The van der Waals surface area contributed by atoms with E-state index in [0.29, 0.717) is 11.5 Å². The van der Waals surface area contributed by atoms with Gasteiger partial charge in [-0.05, 0) is 12.8 Å². The second kappa shape index (κ2) is 7.28. The maximum Gasteiger partial charge on any atom is 0.243 e. The molecule has 0 spiro atoms. The third-order valence-corrected chi connectivity index (χ3v) is 0.754. The van der Waals surface area contributed by atoms with Crippen LogP contribution in [-0.4, -0.2) is 12.5 Å². The smallest absolute Gasteiger partial charge is 0.243 e. The fourth-order valence-electron chi connectivity index (χ4n) is 0. The lowest BCUT2D eigenvalue weighted by Crippen LogP contribution is -2.10. The number of amides is 1. The molecule has 0 bridgehead atoms. The molecule has 0 fully saturated rings. The summed E-state index contributed by atoms with van der Waals surface area (Å²) < 4.78 is 0. The summed E-state index contributed by atoms with van der Waals surface area (Å²) in [6.45, 7) is 8.73. The Morgan fingerprint density at radius 3 is 1.73 bits per heavy atom. The fourth-order valence-corrected chi connectivity index (χ4v) is 0. The normalized spacial score (nSPS) is 8.45. The topological polar surface area (TPSA) is 63.0 Å². The summed E-state index contributed by atoms with van der Waals surface area (Å²) in [5, 5.41) is 9.63. The molecule has 0 unspecified atom stereocenters. The van der Waals surface area contributed by atoms with E-state index in [0.717, 1.165) is 0 Å². The molecule has 0 aromatic heterocycles. The summed E-state index contributed by atoms with van der Waals surface area (Å²) in [4.78, 5) is 9.82. The molecule has 1 amide bonds. The van der Waals surface area contributed by atoms with Crippen LogP contribution in [0.5, 0.6) is 0 Å². The van der Waals surface area contributed by atoms with Crippen LogP contribution >= 0.6 is 0 Å². The molecule has 3 heteroatoms. The first-order valence-electron chi connectivity index (χ1n) is 3.45. The number of carbonyl (C=O) groups is 1. The van der Waals surface area contributed by atoms with Crippen molar-refractivity contribution in [1.82, 2.24) is 0 Å². The molecular weight excluding hydrogens is 142 g/mol. The van der Waals surface area contributed by atoms with E-state index in [9.17, 15) is 9.90 Å². The SMILES string of the molecule is C=C(C)C(N)=O.CC(C)C[O]. The highest BCUT2D eigenvalue weighted by Crippen LogP contribution is 1.84. The van der Waals surface area contributed by atoms with E-state index < -0.39 is 5.91 Å². The third kappa shape index (κ3) is 17.6. The summed E-state index contributed by atoms with van der Waals surface area (Å²) in [6.07, 6.45) is 0. The molecule has 0 aromatic carbocycles. The predicted molar refractivity (Wildman–Crippen MR) is 44.4 cm³/mol. The van der Waals surface area contributed by atoms with Gasteiger partial charge in [-0.1, -0.05) is 20.4 Å². The van der Waals surface area contributed by atoms with Crippen molar-refractivity contribution in [1.29, 1.82) is 0 Å². The lowest BCUT2D eigenvalue weighted by Gasteiger charge is -1.87. The van der Waals surface area contributed by atoms with Gasteiger partial charge < -0.3 is 5.73 Å². The van der Waals surface area contributed by atoms with E-state index in [-0.39, 0.29) is 6.61 Å². The van der Waals surface area contributed by atoms with Crippen molar-refractivity contribution >= 4 is 5.91 Å². The molecule has 0 saturated heterocycles. The summed E-state index contributed by atoms with van der Waals surface area (Å²) in [6, 6.07) is 0. The van der Waals surface area contributed by atoms with Crippen molar-refractivity contribution in [2.24, 2.45) is 11.7 Å². The molecule has 3 nitrogen and oxygen atoms in total. The zero-order chi connectivity index (χ0) is 9.44. The quantitative estimate of drug-likeness (QED) is 0.601. The van der Waals surface area contributed by atoms with Crippen LogP contribution < -0.4 is 5.73 Å². The van der Waals surface area contributed by atoms with Crippen molar-refractivity contribution in [3.63, 3.8) is 0 Å². The number of hydrogen-bond acceptors (Lipinski definition) is 1. The molecule has 0 saturated carbocycles. The lowest BCUT2D eigenvalue weighted by atomic mass is 10.2. The summed E-state index contributed by atoms with van der Waals surface area (Å²) in [5.74, 6) is -0.106. The van der Waals surface area contributed by atoms with Crippen LogP contribution in [0.2, 0.25) is 0 Å². The molecule has 0 aliphatic rings. The van der Waals surface area contributed by atoms with Gasteiger partial charge in [0.15, 0.2) is 0 Å². The van der Waals surface area contributed by atoms with Gasteiger partial charge in [0.05, 0.1) is 6.61 Å². The van der Waals surface area contributed by atoms with Crippen molar-refractivity contribution in [2.45, 2.75) is 20.8 Å². The van der Waals surface area contributed by atoms with Gasteiger partial charge in [0.1, 0.15) is 0 Å². The largest absolute Gasteiger partial charge is 0.366 e. The van der Waals surface area contributed by atoms with E-state index in [2.05, 4.69) is 6.58 Å². The van der Waals surface area contributed by atoms with Crippen LogP contribution in [0.25, 0.3) is 0 Å². The van der Waals surface area contributed by atoms with Crippen molar-refractivity contribution < 1.29 is 9.90 Å². The van der Waals surface area contributed by atoms with Crippen LogP contribution in [0.1, 0.15) is 20.8 Å². The van der Waals surface area contributed by atoms with Crippen LogP contribution in [0, 0.1) is 5.92 Å². The van der Waals surface area contributed by atoms with E-state index in [1.54, 1.807) is 6.92 Å². The number of primary amides is 1. The number of hydrogen-bond donors (Lipinski definition) is 1. The van der Waals surface area contributed by atoms with Crippen LogP contribution in [0.4, 0.5) is 0 Å². The van der Waals surface area contributed by atoms with Gasteiger partial charge in [-0.25, -0.2) is 5.11 Å². The fraction of sp³-hybridized carbons (Fsp3) is 0.625. The Bertz CT molecular complexity index is 118. The van der Waals surface area contributed by atoms with Crippen molar-refractivity contribution in [3.8, 4) is 0 Å². The first kappa shape index (κ1) is 12.8. The number of rotatable bonds is 2. The molecule has 0 aliphatic carbocycles. The first-order chi connectivity index (χ1) is 4.91. The Morgan fingerprint density at radius 1 is 1.55 bits per heavy atom. The summed E-state index contributed by atoms with van der Waals surface area (Å²) in [7, 11) is 0. The minimum absolute atomic E-state index is 0.0556. The van der Waals surface area contributed by atoms with E-state index in [1.807, 2.05) is 13.8 Å². The standard InChI is InChI=1S/C4H7NO.C4H9O/c1-3(2)4(5)6;1-4(2)3-5/h1H2,2H3,(H2,5,6);4H,3H2,1-2H3. The molecule has 65 valence electrons. The average Bonchev–Trinajstić information content (AvgIpc) is 1.89. The maximum absolute atomic E-state index is 9.82. The van der Waals surface area contributed by atoms with Gasteiger partial charge in [-0.2, -0.15) is 0 Å². The maximum atomic E-state index is 9.82. The van der Waals surface area contributed by atoms with Crippen molar-refractivity contribution in [2.75, 3.05) is 6.61 Å². The highest BCUT2D eigenvalue weighted by Gasteiger charge is 1.86. The molecule has 0 rings (SSSR count). The Hall–Kier alpha value is -0.830. The van der Waals surface area contributed by atoms with Crippen LogP contribution in [0.15, 0.2) is 12.2 Å². The molecule has 0 aliphatic heterocycles. The Morgan fingerprint density at radius 2 is 1.73 bits per heavy atom. The molecule has 11 heavy (non-hydrogen) atoms. The average molecular weight is 158 g/mol. The molecule has 0 aromatic rings. The second-order valence-corrected chi connectivity index (χ2v) is 2.71. The predicted octanol–water partition coefficient (Wildman–Crippen LogP) is 1.12. The molecule has 0 heterocycles. The summed E-state index contributed by atoms with van der Waals surface area (Å²) >= 11 is 0. The minimum atomic E-state index is -0.435. The Labute approximate surface area is 67.9 Å². The lowest BCUT2D eigenvalue weighted by molar-refractivity contribution is -0.114. The van der Waals surface area contributed by atoms with Crippen LogP contribution in [-0.2, 0) is 9.90 Å². The van der Waals surface area contributed by atoms with Gasteiger partial charge in [0.25, 0.3) is 0 Å². The van der Waals surface area contributed by atoms with Gasteiger partial charge in [0.2, 0.25) is 5.91 Å². The van der Waals surface area contributed by atoms with Gasteiger partial charge in [-0.15, -0.1) is 0 Å². The van der Waals surface area contributed by atoms with Gasteiger partial charge in [0, 0.05) is 5.57 Å². The molecule has 0 atom stereocenters. The van der Waals surface area contributed by atoms with Crippen molar-refractivity contribution in [3.05, 3.63) is 12.2 Å². The first-order valence-corrected chi connectivity index (χ1v) is 3.45. The monoisotopic (exact) mass is 158 g/mol. The number of nitrogens with two attached hydrogens (primary N) is 1. The Balaban J connectivity index is 0. The van der Waals surface area contributed by atoms with Crippen LogP contribution in [0.3, 0.4) is 0 Å². The van der Waals surface area contributed by atoms with E-state index in [1.165, 1.54) is 0 Å². The molecular formula is C8H16NO2. The Kier molecular flexibility index (Phi) is 8.48.